The first-order chi connectivity index (χ1) is 19.5. The number of carbonyl (C=O) groups is 4. The van der Waals surface area contributed by atoms with E-state index in [1.54, 1.807) is 24.3 Å². The van der Waals surface area contributed by atoms with Crippen molar-refractivity contribution in [3.63, 3.8) is 0 Å². The largest absolute Gasteiger partial charge is 0.369 e. The van der Waals surface area contributed by atoms with Crippen molar-refractivity contribution in [2.24, 2.45) is 34.1 Å². The number of ketones is 2. The van der Waals surface area contributed by atoms with Gasteiger partial charge in [-0.2, -0.15) is 0 Å². The lowest BCUT2D eigenvalue weighted by Crippen LogP contribution is -2.53. The molecule has 41 heavy (non-hydrogen) atoms. The second kappa shape index (κ2) is 16.6. The molecule has 0 spiro atoms. The molecule has 0 radical (unpaired) electrons. The molecule has 0 saturated heterocycles. The van der Waals surface area contributed by atoms with Gasteiger partial charge in [0, 0.05) is 0 Å². The highest BCUT2D eigenvalue weighted by molar-refractivity contribution is 6.10. The molecule has 0 saturated carbocycles. The van der Waals surface area contributed by atoms with Crippen molar-refractivity contribution in [1.29, 1.82) is 0 Å². The zero-order chi connectivity index (χ0) is 30.5. The van der Waals surface area contributed by atoms with E-state index in [4.69, 9.17) is 11.5 Å². The molecule has 2 aliphatic rings. The zero-order valence-electron chi connectivity index (χ0n) is 25.5. The molecule has 228 valence electrons. The Morgan fingerprint density at radius 2 is 0.951 bits per heavy atom. The first kappa shape index (κ1) is 34.4. The molecule has 8 heteroatoms. The molecule has 2 rings (SSSR count). The second-order valence-electron chi connectivity index (χ2n) is 12.2. The number of amides is 2. The number of carbonyl (C=O) groups excluding carboxylic acids is 4. The van der Waals surface area contributed by atoms with Crippen LogP contribution in [0.15, 0.2) is 48.6 Å². The highest BCUT2D eigenvalue weighted by atomic mass is 16.2. The monoisotopic (exact) mass is 568 g/mol. The topological polar surface area (TPSA) is 144 Å². The minimum Gasteiger partial charge on any atom is -0.369 e. The summed E-state index contributed by atoms with van der Waals surface area (Å²) in [5, 5.41) is 6.78. The third kappa shape index (κ3) is 9.07. The summed E-state index contributed by atoms with van der Waals surface area (Å²) in [6.45, 7) is 9.38. The van der Waals surface area contributed by atoms with Gasteiger partial charge in [-0.3, -0.25) is 19.2 Å². The lowest BCUT2D eigenvalue weighted by atomic mass is 9.72. The average Bonchev–Trinajstić information content (AvgIpc) is 2.95. The van der Waals surface area contributed by atoms with E-state index in [9.17, 15) is 19.2 Å². The molecular formula is C33H52N4O4. The summed E-state index contributed by atoms with van der Waals surface area (Å²) in [4.78, 5) is 51.1. The van der Waals surface area contributed by atoms with Gasteiger partial charge < -0.3 is 22.1 Å². The number of Topliss-reactive ketones (excluding diaryl/α,β-unsaturated/α-hetero) is 2. The van der Waals surface area contributed by atoms with Gasteiger partial charge in [0.1, 0.15) is 10.8 Å². The van der Waals surface area contributed by atoms with E-state index in [-0.39, 0.29) is 23.4 Å². The maximum absolute atomic E-state index is 13.3. The minimum absolute atomic E-state index is 0.0505. The van der Waals surface area contributed by atoms with Gasteiger partial charge in [-0.05, 0) is 50.6 Å². The normalized spacial score (nSPS) is 23.2. The summed E-state index contributed by atoms with van der Waals surface area (Å²) in [6, 6.07) is -0.840. The summed E-state index contributed by atoms with van der Waals surface area (Å²) in [7, 11) is 0. The van der Waals surface area contributed by atoms with Crippen LogP contribution >= 0.6 is 0 Å². The van der Waals surface area contributed by atoms with E-state index in [2.05, 4.69) is 10.6 Å². The number of primary amides is 2. The number of hydrogen-bond acceptors (Lipinski definition) is 6. The van der Waals surface area contributed by atoms with E-state index in [0.717, 1.165) is 58.0 Å². The molecule has 0 aromatic rings. The molecule has 4 atom stereocenters. The van der Waals surface area contributed by atoms with Crippen molar-refractivity contribution in [2.75, 3.05) is 13.1 Å². The fraction of sp³-hybridized carbons (Fsp3) is 0.636. The quantitative estimate of drug-likeness (QED) is 0.129. The first-order valence-corrected chi connectivity index (χ1v) is 15.3. The maximum atomic E-state index is 13.3. The number of unbranched alkanes of at least 4 members (excludes halogenated alkanes) is 6. The molecule has 0 aromatic carbocycles. The van der Waals surface area contributed by atoms with E-state index in [1.165, 1.54) is 0 Å². The Labute approximate surface area is 246 Å². The summed E-state index contributed by atoms with van der Waals surface area (Å²) >= 11 is 0. The van der Waals surface area contributed by atoms with E-state index in [1.807, 2.05) is 52.0 Å². The van der Waals surface area contributed by atoms with Crippen LogP contribution in [0.2, 0.25) is 0 Å². The van der Waals surface area contributed by atoms with Crippen LogP contribution < -0.4 is 22.1 Å². The van der Waals surface area contributed by atoms with Crippen LogP contribution in [0.3, 0.4) is 0 Å². The van der Waals surface area contributed by atoms with Gasteiger partial charge >= 0.3 is 0 Å². The molecule has 0 aromatic heterocycles. The van der Waals surface area contributed by atoms with Crippen LogP contribution in [0, 0.1) is 22.7 Å². The van der Waals surface area contributed by atoms with Gasteiger partial charge in [0.25, 0.3) is 0 Å². The Morgan fingerprint density at radius 1 is 0.610 bits per heavy atom. The highest BCUT2D eigenvalue weighted by Gasteiger charge is 2.46. The van der Waals surface area contributed by atoms with Crippen molar-refractivity contribution < 1.29 is 19.2 Å². The first-order valence-electron chi connectivity index (χ1n) is 15.3. The molecule has 2 aliphatic carbocycles. The van der Waals surface area contributed by atoms with Crippen molar-refractivity contribution in [3.05, 3.63) is 48.6 Å². The van der Waals surface area contributed by atoms with Crippen LogP contribution in [0.4, 0.5) is 0 Å². The van der Waals surface area contributed by atoms with Gasteiger partial charge in [0.05, 0.1) is 12.1 Å². The average molecular weight is 569 g/mol. The third-order valence-electron chi connectivity index (χ3n) is 8.37. The Hall–Kier alpha value is -2.84. The Bertz CT molecular complexity index is 948. The predicted molar refractivity (Wildman–Crippen MR) is 165 cm³/mol. The Morgan fingerprint density at radius 3 is 1.22 bits per heavy atom. The van der Waals surface area contributed by atoms with Gasteiger partial charge in [0.15, 0.2) is 11.6 Å². The number of rotatable bonds is 20. The second-order valence-corrected chi connectivity index (χ2v) is 12.2. The van der Waals surface area contributed by atoms with E-state index >= 15 is 0 Å². The third-order valence-corrected chi connectivity index (χ3v) is 8.37. The fourth-order valence-corrected chi connectivity index (χ4v) is 5.68. The van der Waals surface area contributed by atoms with Crippen LogP contribution in [0.5, 0.6) is 0 Å². The van der Waals surface area contributed by atoms with Gasteiger partial charge in [-0.1, -0.05) is 108 Å². The lowest BCUT2D eigenvalue weighted by molar-refractivity contribution is -0.140. The van der Waals surface area contributed by atoms with Crippen molar-refractivity contribution in [3.8, 4) is 0 Å². The number of allylic oxidation sites excluding steroid dienone is 6. The van der Waals surface area contributed by atoms with Gasteiger partial charge in [-0.25, -0.2) is 0 Å². The molecule has 0 aliphatic heterocycles. The molecule has 2 amide bonds. The summed E-state index contributed by atoms with van der Waals surface area (Å²) in [5.74, 6) is -1.38. The molecule has 4 unspecified atom stereocenters. The highest BCUT2D eigenvalue weighted by Crippen LogP contribution is 2.32. The summed E-state index contributed by atoms with van der Waals surface area (Å²) < 4.78 is 0. The van der Waals surface area contributed by atoms with Crippen LogP contribution in [0.1, 0.15) is 85.5 Å². The number of nitrogens with one attached hydrogen (secondary N) is 2. The number of nitrogens with two attached hydrogens (primary N) is 2. The summed E-state index contributed by atoms with van der Waals surface area (Å²) in [6.07, 6.45) is 22.1. The SMILES string of the molecule is CC(C)C(NCCCCCCCCCNC(C(=O)C1(C(N)=O)C=CC=CC1)C(C)C)C(=O)C1(C(N)=O)C=CC=CC1. The molecule has 8 nitrogen and oxygen atoms in total. The van der Waals surface area contributed by atoms with Crippen molar-refractivity contribution in [1.82, 2.24) is 10.6 Å². The van der Waals surface area contributed by atoms with Crippen LogP contribution in [-0.4, -0.2) is 48.6 Å². The lowest BCUT2D eigenvalue weighted by Gasteiger charge is -2.32. The minimum atomic E-state index is -1.26. The van der Waals surface area contributed by atoms with Crippen molar-refractivity contribution in [2.45, 2.75) is 97.6 Å². The Kier molecular flexibility index (Phi) is 13.9. The summed E-state index contributed by atoms with van der Waals surface area (Å²) in [5.41, 5.74) is 8.81. The molecule has 6 N–H and O–H groups in total. The van der Waals surface area contributed by atoms with Gasteiger partial charge in [-0.15, -0.1) is 0 Å². The maximum Gasteiger partial charge on any atom is 0.235 e. The van der Waals surface area contributed by atoms with Crippen molar-refractivity contribution >= 4 is 23.4 Å². The smallest absolute Gasteiger partial charge is 0.235 e. The predicted octanol–water partition coefficient (Wildman–Crippen LogP) is 4.06. The van der Waals surface area contributed by atoms with Crippen LogP contribution in [0.25, 0.3) is 0 Å². The van der Waals surface area contributed by atoms with Gasteiger partial charge in [0.2, 0.25) is 11.8 Å². The van der Waals surface area contributed by atoms with E-state index < -0.39 is 34.7 Å². The molecule has 0 heterocycles. The standard InChI is InChI=1S/C33H52N4O4/c1-24(2)26(28(38)32(30(34)40)18-12-10-13-19-32)36-22-16-8-6-5-7-9-17-23-37-27(25(3)4)29(39)33(31(35)41)20-14-11-15-21-33/h10-15,18,20,24-27,36-37H,5-9,16-17,19,21-23H2,1-4H3,(H2,34,40)(H2,35,41). The van der Waals surface area contributed by atoms with Crippen LogP contribution in [-0.2, 0) is 19.2 Å². The fourth-order valence-electron chi connectivity index (χ4n) is 5.68. The van der Waals surface area contributed by atoms with E-state index in [0.29, 0.717) is 12.8 Å². The molecular weight excluding hydrogens is 516 g/mol. The zero-order valence-corrected chi connectivity index (χ0v) is 25.5. The Balaban J connectivity index is 1.66. The molecule has 0 bridgehead atoms. The number of hydrogen-bond donors (Lipinski definition) is 4. The molecule has 0 fully saturated rings.